The highest BCUT2D eigenvalue weighted by molar-refractivity contribution is 5.16. The lowest BCUT2D eigenvalue weighted by Gasteiger charge is -2.44. The summed E-state index contributed by atoms with van der Waals surface area (Å²) in [4.78, 5) is 0. The quantitative estimate of drug-likeness (QED) is 0.699. The molecule has 0 saturated heterocycles. The summed E-state index contributed by atoms with van der Waals surface area (Å²) in [7, 11) is 3.55. The van der Waals surface area contributed by atoms with Gasteiger partial charge in [0.1, 0.15) is 5.76 Å². The Bertz CT molecular complexity index is 273. The first-order chi connectivity index (χ1) is 8.60. The normalized spacial score (nSPS) is 28.3. The van der Waals surface area contributed by atoms with E-state index >= 15 is 0 Å². The fourth-order valence-corrected chi connectivity index (χ4v) is 3.10. The maximum absolute atomic E-state index is 5.74. The lowest BCUT2D eigenvalue weighted by atomic mass is 9.70. The van der Waals surface area contributed by atoms with E-state index in [2.05, 4.69) is 19.9 Å². The molecule has 3 nitrogen and oxygen atoms in total. The Kier molecular flexibility index (Phi) is 6.16. The van der Waals surface area contributed by atoms with Crippen molar-refractivity contribution in [2.45, 2.75) is 46.1 Å². The molecule has 106 valence electrons. The number of rotatable bonds is 7. The molecule has 0 bridgehead atoms. The largest absolute Gasteiger partial charge is 0.501 e. The van der Waals surface area contributed by atoms with Crippen molar-refractivity contribution in [1.82, 2.24) is 0 Å². The van der Waals surface area contributed by atoms with Crippen LogP contribution in [0.2, 0.25) is 0 Å². The van der Waals surface area contributed by atoms with Gasteiger partial charge >= 0.3 is 0 Å². The Balaban J connectivity index is 3.04. The Labute approximate surface area is 111 Å². The Morgan fingerprint density at radius 3 is 2.61 bits per heavy atom. The van der Waals surface area contributed by atoms with Crippen molar-refractivity contribution in [3.8, 4) is 0 Å². The van der Waals surface area contributed by atoms with Crippen LogP contribution in [-0.2, 0) is 14.2 Å². The van der Waals surface area contributed by atoms with Gasteiger partial charge in [-0.05, 0) is 38.2 Å². The highest BCUT2D eigenvalue weighted by atomic mass is 16.5. The summed E-state index contributed by atoms with van der Waals surface area (Å²) < 4.78 is 17.1. The number of allylic oxidation sites excluding steroid dienone is 1. The van der Waals surface area contributed by atoms with Crippen molar-refractivity contribution in [2.24, 2.45) is 11.3 Å². The molecule has 0 radical (unpaired) electrons. The van der Waals surface area contributed by atoms with Crippen LogP contribution in [0.15, 0.2) is 11.8 Å². The van der Waals surface area contributed by atoms with Crippen LogP contribution >= 0.6 is 0 Å². The number of hydrogen-bond acceptors (Lipinski definition) is 3. The molecule has 18 heavy (non-hydrogen) atoms. The molecule has 0 saturated carbocycles. The van der Waals surface area contributed by atoms with Crippen LogP contribution in [0.4, 0.5) is 0 Å². The first-order valence-electron chi connectivity index (χ1n) is 6.95. The lowest BCUT2D eigenvalue weighted by Crippen LogP contribution is -2.45. The maximum Gasteiger partial charge on any atom is 0.103 e. The van der Waals surface area contributed by atoms with Gasteiger partial charge in [-0.25, -0.2) is 0 Å². The number of methoxy groups -OCH3 is 2. The van der Waals surface area contributed by atoms with Gasteiger partial charge in [0.15, 0.2) is 0 Å². The minimum absolute atomic E-state index is 0.119. The first-order valence-corrected chi connectivity index (χ1v) is 6.95. The minimum Gasteiger partial charge on any atom is -0.501 e. The molecular formula is C15H28O3. The smallest absolute Gasteiger partial charge is 0.103 e. The van der Waals surface area contributed by atoms with E-state index < -0.39 is 0 Å². The van der Waals surface area contributed by atoms with E-state index in [1.807, 2.05) is 6.92 Å². The van der Waals surface area contributed by atoms with Gasteiger partial charge in [0, 0.05) is 13.7 Å². The molecule has 0 N–H and O–H groups in total. The lowest BCUT2D eigenvalue weighted by molar-refractivity contribution is -0.0844. The summed E-state index contributed by atoms with van der Waals surface area (Å²) in [6.07, 6.45) is 5.49. The molecule has 0 spiro atoms. The second-order valence-electron chi connectivity index (χ2n) is 5.47. The molecule has 0 amide bonds. The van der Waals surface area contributed by atoms with E-state index in [-0.39, 0.29) is 11.5 Å². The van der Waals surface area contributed by atoms with Crippen molar-refractivity contribution in [3.05, 3.63) is 11.8 Å². The zero-order valence-corrected chi connectivity index (χ0v) is 12.5. The molecule has 1 aliphatic rings. The van der Waals surface area contributed by atoms with E-state index in [1.54, 1.807) is 14.2 Å². The summed E-state index contributed by atoms with van der Waals surface area (Å²) in [5, 5.41) is 0. The third kappa shape index (κ3) is 3.27. The van der Waals surface area contributed by atoms with Gasteiger partial charge in [-0.2, -0.15) is 0 Å². The summed E-state index contributed by atoms with van der Waals surface area (Å²) >= 11 is 0. The summed E-state index contributed by atoms with van der Waals surface area (Å²) in [5.41, 5.74) is -0.119. The Morgan fingerprint density at radius 1 is 1.39 bits per heavy atom. The molecule has 0 heterocycles. The zero-order valence-electron chi connectivity index (χ0n) is 12.5. The van der Waals surface area contributed by atoms with E-state index in [0.29, 0.717) is 12.5 Å². The van der Waals surface area contributed by atoms with Crippen LogP contribution < -0.4 is 0 Å². The standard InChI is InChI=1S/C15H28O3/c1-6-18-11-15(10-12(2)3)13(16-4)8-7-9-14(15)17-5/h8,12,14H,6-7,9-11H2,1-5H3. The molecule has 2 atom stereocenters. The fourth-order valence-electron chi connectivity index (χ4n) is 3.10. The van der Waals surface area contributed by atoms with Crippen molar-refractivity contribution in [1.29, 1.82) is 0 Å². The van der Waals surface area contributed by atoms with Crippen LogP contribution in [0.5, 0.6) is 0 Å². The molecule has 0 aromatic carbocycles. The Hall–Kier alpha value is -0.540. The summed E-state index contributed by atoms with van der Waals surface area (Å²) in [5.74, 6) is 1.63. The average Bonchev–Trinajstić information content (AvgIpc) is 2.35. The minimum atomic E-state index is -0.119. The predicted molar refractivity (Wildman–Crippen MR) is 73.5 cm³/mol. The van der Waals surface area contributed by atoms with Crippen molar-refractivity contribution in [3.63, 3.8) is 0 Å². The fraction of sp³-hybridized carbons (Fsp3) is 0.867. The van der Waals surface area contributed by atoms with Crippen LogP contribution in [0.3, 0.4) is 0 Å². The maximum atomic E-state index is 5.74. The molecule has 0 aromatic rings. The highest BCUT2D eigenvalue weighted by Crippen LogP contribution is 2.44. The zero-order chi connectivity index (χ0) is 13.6. The third-order valence-corrected chi connectivity index (χ3v) is 3.71. The third-order valence-electron chi connectivity index (χ3n) is 3.71. The molecule has 2 unspecified atom stereocenters. The van der Waals surface area contributed by atoms with Crippen LogP contribution in [-0.4, -0.2) is 33.5 Å². The van der Waals surface area contributed by atoms with Gasteiger partial charge in [-0.1, -0.05) is 13.8 Å². The van der Waals surface area contributed by atoms with Crippen LogP contribution in [0.1, 0.15) is 40.0 Å². The molecule has 0 aliphatic heterocycles. The molecule has 0 fully saturated rings. The van der Waals surface area contributed by atoms with E-state index in [1.165, 1.54) is 0 Å². The topological polar surface area (TPSA) is 27.7 Å². The van der Waals surface area contributed by atoms with Crippen molar-refractivity contribution < 1.29 is 14.2 Å². The SMILES string of the molecule is CCOCC1(CC(C)C)C(OC)=CCCC1OC. The van der Waals surface area contributed by atoms with Crippen LogP contribution in [0, 0.1) is 11.3 Å². The predicted octanol–water partition coefficient (Wildman–Crippen LogP) is 3.39. The monoisotopic (exact) mass is 256 g/mol. The molecule has 0 aromatic heterocycles. The van der Waals surface area contributed by atoms with E-state index in [4.69, 9.17) is 14.2 Å². The van der Waals surface area contributed by atoms with Gasteiger partial charge in [0.25, 0.3) is 0 Å². The van der Waals surface area contributed by atoms with Gasteiger partial charge in [-0.3, -0.25) is 0 Å². The number of hydrogen-bond donors (Lipinski definition) is 0. The average molecular weight is 256 g/mol. The highest BCUT2D eigenvalue weighted by Gasteiger charge is 2.46. The first kappa shape index (κ1) is 15.5. The van der Waals surface area contributed by atoms with Crippen LogP contribution in [0.25, 0.3) is 0 Å². The van der Waals surface area contributed by atoms with Crippen molar-refractivity contribution >= 4 is 0 Å². The van der Waals surface area contributed by atoms with Gasteiger partial charge < -0.3 is 14.2 Å². The molecule has 1 aliphatic carbocycles. The second-order valence-corrected chi connectivity index (χ2v) is 5.47. The van der Waals surface area contributed by atoms with Gasteiger partial charge in [0.05, 0.1) is 25.2 Å². The molecular weight excluding hydrogens is 228 g/mol. The summed E-state index contributed by atoms with van der Waals surface area (Å²) in [6, 6.07) is 0. The number of ether oxygens (including phenoxy) is 3. The molecule has 3 heteroatoms. The molecule has 1 rings (SSSR count). The van der Waals surface area contributed by atoms with Gasteiger partial charge in [0.2, 0.25) is 0 Å². The summed E-state index contributed by atoms with van der Waals surface area (Å²) in [6.45, 7) is 7.92. The van der Waals surface area contributed by atoms with Gasteiger partial charge in [-0.15, -0.1) is 0 Å². The Morgan fingerprint density at radius 2 is 2.11 bits per heavy atom. The van der Waals surface area contributed by atoms with E-state index in [0.717, 1.165) is 31.6 Å². The van der Waals surface area contributed by atoms with E-state index in [9.17, 15) is 0 Å². The van der Waals surface area contributed by atoms with Crippen molar-refractivity contribution in [2.75, 3.05) is 27.4 Å². The second kappa shape index (κ2) is 7.15.